The zero-order valence-electron chi connectivity index (χ0n) is 12.1. The van der Waals surface area contributed by atoms with Crippen molar-refractivity contribution in [3.05, 3.63) is 21.9 Å². The van der Waals surface area contributed by atoms with Crippen molar-refractivity contribution in [1.29, 1.82) is 0 Å². The zero-order valence-corrected chi connectivity index (χ0v) is 12.9. The Bertz CT molecular complexity index is 531. The van der Waals surface area contributed by atoms with Crippen LogP contribution in [0.15, 0.2) is 11.4 Å². The average Bonchev–Trinajstić information content (AvgIpc) is 3.24. The van der Waals surface area contributed by atoms with Crippen molar-refractivity contribution < 1.29 is 14.3 Å². The summed E-state index contributed by atoms with van der Waals surface area (Å²) < 4.78 is 4.72. The van der Waals surface area contributed by atoms with Gasteiger partial charge in [0.25, 0.3) is 5.91 Å². The third-order valence-corrected chi connectivity index (χ3v) is 5.11. The normalized spacial score (nSPS) is 19.4. The SMILES string of the molecule is COC(=O)N1CCC(NC(=O)c2sccc2C2CC2)CC1. The molecule has 6 heteroatoms. The van der Waals surface area contributed by atoms with Crippen molar-refractivity contribution in [3.63, 3.8) is 0 Å². The van der Waals surface area contributed by atoms with E-state index in [2.05, 4.69) is 11.4 Å². The van der Waals surface area contributed by atoms with E-state index in [1.807, 2.05) is 5.38 Å². The van der Waals surface area contributed by atoms with Crippen molar-refractivity contribution in [2.24, 2.45) is 0 Å². The van der Waals surface area contributed by atoms with Gasteiger partial charge in [-0.15, -0.1) is 11.3 Å². The molecule has 1 aromatic rings. The van der Waals surface area contributed by atoms with Gasteiger partial charge in [0.2, 0.25) is 0 Å². The Morgan fingerprint density at radius 3 is 2.62 bits per heavy atom. The highest BCUT2D eigenvalue weighted by molar-refractivity contribution is 7.12. The first-order valence-electron chi connectivity index (χ1n) is 7.40. The summed E-state index contributed by atoms with van der Waals surface area (Å²) in [6, 6.07) is 2.23. The van der Waals surface area contributed by atoms with Crippen molar-refractivity contribution in [2.75, 3.05) is 20.2 Å². The first-order chi connectivity index (χ1) is 10.2. The lowest BCUT2D eigenvalue weighted by Crippen LogP contribution is -2.46. The fraction of sp³-hybridized carbons (Fsp3) is 0.600. The molecule has 21 heavy (non-hydrogen) atoms. The summed E-state index contributed by atoms with van der Waals surface area (Å²) in [6.45, 7) is 1.27. The number of carbonyl (C=O) groups is 2. The number of likely N-dealkylation sites (tertiary alicyclic amines) is 1. The molecule has 0 radical (unpaired) electrons. The molecular formula is C15H20N2O3S. The van der Waals surface area contributed by atoms with Gasteiger partial charge in [0.1, 0.15) is 0 Å². The van der Waals surface area contributed by atoms with E-state index in [1.54, 1.807) is 4.90 Å². The van der Waals surface area contributed by atoms with Crippen LogP contribution in [-0.2, 0) is 4.74 Å². The van der Waals surface area contributed by atoms with Crippen LogP contribution in [0, 0.1) is 0 Å². The fourth-order valence-corrected chi connectivity index (χ4v) is 3.69. The van der Waals surface area contributed by atoms with E-state index in [0.29, 0.717) is 19.0 Å². The molecular weight excluding hydrogens is 288 g/mol. The van der Waals surface area contributed by atoms with Crippen molar-refractivity contribution in [2.45, 2.75) is 37.6 Å². The van der Waals surface area contributed by atoms with Gasteiger partial charge in [-0.2, -0.15) is 0 Å². The maximum Gasteiger partial charge on any atom is 0.409 e. The minimum absolute atomic E-state index is 0.0448. The molecule has 0 unspecified atom stereocenters. The van der Waals surface area contributed by atoms with Crippen LogP contribution in [0.2, 0.25) is 0 Å². The molecule has 1 saturated carbocycles. The molecule has 1 saturated heterocycles. The second-order valence-corrected chi connectivity index (χ2v) is 6.60. The molecule has 2 aliphatic rings. The summed E-state index contributed by atoms with van der Waals surface area (Å²) in [5.41, 5.74) is 1.21. The first kappa shape index (κ1) is 14.4. The van der Waals surface area contributed by atoms with Gasteiger partial charge in [0, 0.05) is 19.1 Å². The number of carbonyl (C=O) groups excluding carboxylic acids is 2. The lowest BCUT2D eigenvalue weighted by Gasteiger charge is -2.31. The van der Waals surface area contributed by atoms with Crippen LogP contribution < -0.4 is 5.32 Å². The number of rotatable bonds is 3. The number of amides is 2. The van der Waals surface area contributed by atoms with Gasteiger partial charge >= 0.3 is 6.09 Å². The third-order valence-electron chi connectivity index (χ3n) is 4.18. The van der Waals surface area contributed by atoms with E-state index < -0.39 is 0 Å². The number of hydrogen-bond donors (Lipinski definition) is 1. The highest BCUT2D eigenvalue weighted by atomic mass is 32.1. The van der Waals surface area contributed by atoms with E-state index >= 15 is 0 Å². The molecule has 1 aliphatic heterocycles. The van der Waals surface area contributed by atoms with Gasteiger partial charge in [-0.1, -0.05) is 0 Å². The summed E-state index contributed by atoms with van der Waals surface area (Å²) >= 11 is 1.53. The largest absolute Gasteiger partial charge is 0.453 e. The molecule has 0 aromatic carbocycles. The molecule has 0 atom stereocenters. The van der Waals surface area contributed by atoms with Crippen LogP contribution in [0.25, 0.3) is 0 Å². The van der Waals surface area contributed by atoms with Gasteiger partial charge in [-0.25, -0.2) is 4.79 Å². The number of thiophene rings is 1. The maximum absolute atomic E-state index is 12.4. The molecule has 2 heterocycles. The summed E-state index contributed by atoms with van der Waals surface area (Å²) in [5, 5.41) is 5.12. The Morgan fingerprint density at radius 2 is 2.00 bits per heavy atom. The first-order valence-corrected chi connectivity index (χ1v) is 8.28. The molecule has 3 rings (SSSR count). The second kappa shape index (κ2) is 6.05. The van der Waals surface area contributed by atoms with E-state index in [-0.39, 0.29) is 18.0 Å². The number of methoxy groups -OCH3 is 1. The van der Waals surface area contributed by atoms with E-state index in [9.17, 15) is 9.59 Å². The van der Waals surface area contributed by atoms with Gasteiger partial charge in [0.15, 0.2) is 0 Å². The van der Waals surface area contributed by atoms with Gasteiger partial charge in [-0.3, -0.25) is 4.79 Å². The van der Waals surface area contributed by atoms with E-state index in [0.717, 1.165) is 17.7 Å². The van der Waals surface area contributed by atoms with Crippen LogP contribution in [-0.4, -0.2) is 43.1 Å². The van der Waals surface area contributed by atoms with Crippen LogP contribution in [0.1, 0.15) is 46.8 Å². The van der Waals surface area contributed by atoms with Crippen LogP contribution in [0.4, 0.5) is 4.79 Å². The Labute approximate surface area is 128 Å². The zero-order chi connectivity index (χ0) is 14.8. The van der Waals surface area contributed by atoms with Crippen molar-refractivity contribution in [1.82, 2.24) is 10.2 Å². The minimum atomic E-state index is -0.283. The number of nitrogens with zero attached hydrogens (tertiary/aromatic N) is 1. The Balaban J connectivity index is 1.54. The van der Waals surface area contributed by atoms with Crippen LogP contribution in [0.3, 0.4) is 0 Å². The van der Waals surface area contributed by atoms with Crippen LogP contribution in [0.5, 0.6) is 0 Å². The second-order valence-electron chi connectivity index (χ2n) is 5.68. The number of piperidine rings is 1. The number of ether oxygens (including phenoxy) is 1. The van der Waals surface area contributed by atoms with E-state index in [4.69, 9.17) is 4.74 Å². The van der Waals surface area contributed by atoms with Crippen molar-refractivity contribution >= 4 is 23.3 Å². The summed E-state index contributed by atoms with van der Waals surface area (Å²) in [6.07, 6.45) is 3.69. The average molecular weight is 308 g/mol. The Morgan fingerprint density at radius 1 is 1.29 bits per heavy atom. The van der Waals surface area contributed by atoms with E-state index in [1.165, 1.54) is 36.9 Å². The fourth-order valence-electron chi connectivity index (χ4n) is 2.81. The van der Waals surface area contributed by atoms with Crippen LogP contribution >= 0.6 is 11.3 Å². The lowest BCUT2D eigenvalue weighted by atomic mass is 10.0. The van der Waals surface area contributed by atoms with Gasteiger partial charge in [-0.05, 0) is 48.6 Å². The molecule has 5 nitrogen and oxygen atoms in total. The summed E-state index contributed by atoms with van der Waals surface area (Å²) in [5.74, 6) is 0.640. The molecule has 0 bridgehead atoms. The Hall–Kier alpha value is -1.56. The maximum atomic E-state index is 12.4. The molecule has 2 amide bonds. The topological polar surface area (TPSA) is 58.6 Å². The molecule has 114 valence electrons. The standard InChI is InChI=1S/C15H20N2O3S/c1-20-15(19)17-7-4-11(5-8-17)16-14(18)13-12(6-9-21-13)10-2-3-10/h6,9-11H,2-5,7-8H2,1H3,(H,16,18). The third kappa shape index (κ3) is 3.20. The molecule has 0 spiro atoms. The quantitative estimate of drug-likeness (QED) is 0.933. The monoisotopic (exact) mass is 308 g/mol. The highest BCUT2D eigenvalue weighted by Gasteiger charge is 2.30. The minimum Gasteiger partial charge on any atom is -0.453 e. The summed E-state index contributed by atoms with van der Waals surface area (Å²) in [7, 11) is 1.40. The predicted molar refractivity (Wildman–Crippen MR) is 80.8 cm³/mol. The summed E-state index contributed by atoms with van der Waals surface area (Å²) in [4.78, 5) is 26.4. The smallest absolute Gasteiger partial charge is 0.409 e. The molecule has 1 aromatic heterocycles. The lowest BCUT2D eigenvalue weighted by molar-refractivity contribution is 0.0895. The van der Waals surface area contributed by atoms with Gasteiger partial charge < -0.3 is 15.0 Å². The number of nitrogens with one attached hydrogen (secondary N) is 1. The molecule has 2 fully saturated rings. The highest BCUT2D eigenvalue weighted by Crippen LogP contribution is 2.43. The molecule has 1 N–H and O–H groups in total. The Kier molecular flexibility index (Phi) is 4.14. The predicted octanol–water partition coefficient (Wildman–Crippen LogP) is 2.59. The molecule has 1 aliphatic carbocycles. The van der Waals surface area contributed by atoms with Crippen molar-refractivity contribution in [3.8, 4) is 0 Å². The number of hydrogen-bond acceptors (Lipinski definition) is 4. The van der Waals surface area contributed by atoms with Gasteiger partial charge in [0.05, 0.1) is 12.0 Å².